The van der Waals surface area contributed by atoms with Crippen LogP contribution < -0.4 is 0 Å². The minimum absolute atomic E-state index is 0.0541. The number of amides is 2. The predicted molar refractivity (Wildman–Crippen MR) is 98.8 cm³/mol. The van der Waals surface area contributed by atoms with Crippen LogP contribution in [0.4, 0.5) is 4.79 Å². The van der Waals surface area contributed by atoms with E-state index in [2.05, 4.69) is 4.98 Å². The number of likely N-dealkylation sites (tertiary alicyclic amines) is 1. The Hall–Kier alpha value is -2.96. The third kappa shape index (κ3) is 3.12. The number of rotatable bonds is 2. The van der Waals surface area contributed by atoms with Crippen molar-refractivity contribution >= 4 is 11.7 Å². The number of pyridine rings is 2. The quantitative estimate of drug-likeness (QED) is 0.713. The molecule has 7 nitrogen and oxygen atoms in total. The summed E-state index contributed by atoms with van der Waals surface area (Å²) in [7, 11) is 3.57. The van der Waals surface area contributed by atoms with Gasteiger partial charge in [-0.25, -0.2) is 14.3 Å². The molecule has 0 N–H and O–H groups in total. The van der Waals surface area contributed by atoms with E-state index in [4.69, 9.17) is 10.1 Å². The molecule has 0 aromatic carbocycles. The Morgan fingerprint density at radius 1 is 1.15 bits per heavy atom. The molecule has 1 aliphatic heterocycles. The van der Waals surface area contributed by atoms with E-state index in [1.165, 1.54) is 0 Å². The Morgan fingerprint density at radius 3 is 2.73 bits per heavy atom. The van der Waals surface area contributed by atoms with Gasteiger partial charge in [0.15, 0.2) is 11.5 Å². The Balaban J connectivity index is 1.60. The lowest BCUT2D eigenvalue weighted by atomic mass is 9.98. The fourth-order valence-electron chi connectivity index (χ4n) is 3.43. The summed E-state index contributed by atoms with van der Waals surface area (Å²) in [6.07, 6.45) is 7.54. The minimum atomic E-state index is 0.0541. The standard InChI is InChI=1S/C19H22N6O/c1-23(2)19(26)24-11-3-4-16(12-24)18-21-17-6-5-15(13-25(17)22-18)14-7-9-20-10-8-14/h5-10,13,16H,3-4,11-12H2,1-2H3/t16-/m0/s1. The van der Waals surface area contributed by atoms with Gasteiger partial charge in [-0.2, -0.15) is 5.10 Å². The van der Waals surface area contributed by atoms with E-state index in [9.17, 15) is 4.79 Å². The number of hydrogen-bond donors (Lipinski definition) is 0. The molecule has 7 heteroatoms. The Morgan fingerprint density at radius 2 is 1.96 bits per heavy atom. The van der Waals surface area contributed by atoms with Crippen LogP contribution in [0.15, 0.2) is 42.9 Å². The first-order chi connectivity index (χ1) is 12.6. The van der Waals surface area contributed by atoms with Gasteiger partial charge in [-0.3, -0.25) is 4.98 Å². The lowest BCUT2D eigenvalue weighted by Crippen LogP contribution is -2.44. The molecule has 1 aliphatic rings. The molecule has 134 valence electrons. The van der Waals surface area contributed by atoms with Gasteiger partial charge in [0, 0.05) is 57.3 Å². The van der Waals surface area contributed by atoms with Gasteiger partial charge in [0.25, 0.3) is 0 Å². The van der Waals surface area contributed by atoms with Gasteiger partial charge >= 0.3 is 6.03 Å². The Labute approximate surface area is 152 Å². The normalized spacial score (nSPS) is 17.5. The van der Waals surface area contributed by atoms with Crippen LogP contribution in [0.1, 0.15) is 24.6 Å². The van der Waals surface area contributed by atoms with Crippen molar-refractivity contribution in [2.45, 2.75) is 18.8 Å². The summed E-state index contributed by atoms with van der Waals surface area (Å²) >= 11 is 0. The summed E-state index contributed by atoms with van der Waals surface area (Å²) in [5, 5.41) is 4.70. The van der Waals surface area contributed by atoms with E-state index in [1.54, 1.807) is 31.4 Å². The third-order valence-electron chi connectivity index (χ3n) is 4.80. The van der Waals surface area contributed by atoms with Gasteiger partial charge in [0.1, 0.15) is 0 Å². The molecular weight excluding hydrogens is 328 g/mol. The summed E-state index contributed by atoms with van der Waals surface area (Å²) in [5.74, 6) is 0.991. The SMILES string of the molecule is CN(C)C(=O)N1CCC[C@H](c2nc3ccc(-c4ccncc4)cn3n2)C1. The average molecular weight is 350 g/mol. The lowest BCUT2D eigenvalue weighted by Gasteiger charge is -2.33. The van der Waals surface area contributed by atoms with E-state index in [-0.39, 0.29) is 11.9 Å². The molecule has 2 amide bonds. The molecule has 0 aliphatic carbocycles. The second-order valence-electron chi connectivity index (χ2n) is 6.89. The maximum absolute atomic E-state index is 12.2. The van der Waals surface area contributed by atoms with Crippen LogP contribution in [0.2, 0.25) is 0 Å². The maximum Gasteiger partial charge on any atom is 0.319 e. The van der Waals surface area contributed by atoms with Crippen molar-refractivity contribution in [3.05, 3.63) is 48.7 Å². The van der Waals surface area contributed by atoms with Crippen LogP contribution in [-0.4, -0.2) is 62.6 Å². The van der Waals surface area contributed by atoms with Crippen LogP contribution in [0.25, 0.3) is 16.8 Å². The van der Waals surface area contributed by atoms with Gasteiger partial charge in [-0.1, -0.05) is 0 Å². The first-order valence-corrected chi connectivity index (χ1v) is 8.85. The highest BCUT2D eigenvalue weighted by molar-refractivity contribution is 5.74. The highest BCUT2D eigenvalue weighted by Gasteiger charge is 2.28. The fraction of sp³-hybridized carbons (Fsp3) is 0.368. The summed E-state index contributed by atoms with van der Waals surface area (Å²) in [4.78, 5) is 24.5. The number of nitrogens with zero attached hydrogens (tertiary/aromatic N) is 6. The molecule has 1 saturated heterocycles. The fourth-order valence-corrected chi connectivity index (χ4v) is 3.43. The van der Waals surface area contributed by atoms with E-state index < -0.39 is 0 Å². The van der Waals surface area contributed by atoms with Crippen molar-refractivity contribution in [1.82, 2.24) is 29.4 Å². The van der Waals surface area contributed by atoms with E-state index >= 15 is 0 Å². The van der Waals surface area contributed by atoms with Gasteiger partial charge in [-0.05, 0) is 42.7 Å². The van der Waals surface area contributed by atoms with Crippen molar-refractivity contribution in [2.75, 3.05) is 27.2 Å². The molecule has 1 fully saturated rings. The lowest BCUT2D eigenvalue weighted by molar-refractivity contribution is 0.153. The first kappa shape index (κ1) is 16.5. The van der Waals surface area contributed by atoms with Gasteiger partial charge in [-0.15, -0.1) is 0 Å². The molecule has 0 spiro atoms. The highest BCUT2D eigenvalue weighted by Crippen LogP contribution is 2.26. The molecule has 0 saturated carbocycles. The van der Waals surface area contributed by atoms with E-state index in [1.807, 2.05) is 39.9 Å². The molecule has 0 unspecified atom stereocenters. The van der Waals surface area contributed by atoms with Crippen molar-refractivity contribution in [3.8, 4) is 11.1 Å². The summed E-state index contributed by atoms with van der Waals surface area (Å²) < 4.78 is 1.83. The molecule has 4 rings (SSSR count). The summed E-state index contributed by atoms with van der Waals surface area (Å²) in [6.45, 7) is 1.47. The van der Waals surface area contributed by atoms with Crippen molar-refractivity contribution in [2.24, 2.45) is 0 Å². The number of carbonyl (C=O) groups excluding carboxylic acids is 1. The third-order valence-corrected chi connectivity index (χ3v) is 4.80. The van der Waals surface area contributed by atoms with E-state index in [0.29, 0.717) is 6.54 Å². The van der Waals surface area contributed by atoms with Gasteiger partial charge in [0.2, 0.25) is 0 Å². The summed E-state index contributed by atoms with van der Waals surface area (Å²) in [6, 6.07) is 8.04. The number of urea groups is 1. The summed E-state index contributed by atoms with van der Waals surface area (Å²) in [5.41, 5.74) is 3.00. The van der Waals surface area contributed by atoms with Crippen LogP contribution in [0.3, 0.4) is 0 Å². The minimum Gasteiger partial charge on any atom is -0.331 e. The zero-order valence-corrected chi connectivity index (χ0v) is 15.0. The number of piperidine rings is 1. The first-order valence-electron chi connectivity index (χ1n) is 8.85. The molecule has 0 radical (unpaired) electrons. The number of hydrogen-bond acceptors (Lipinski definition) is 4. The van der Waals surface area contributed by atoms with Crippen LogP contribution in [-0.2, 0) is 0 Å². The monoisotopic (exact) mass is 350 g/mol. The smallest absolute Gasteiger partial charge is 0.319 e. The average Bonchev–Trinajstić information content (AvgIpc) is 3.11. The van der Waals surface area contributed by atoms with Gasteiger partial charge in [0.05, 0.1) is 0 Å². The van der Waals surface area contributed by atoms with Gasteiger partial charge < -0.3 is 9.80 Å². The molecular formula is C19H22N6O. The van der Waals surface area contributed by atoms with Crippen LogP contribution in [0.5, 0.6) is 0 Å². The van der Waals surface area contributed by atoms with Crippen molar-refractivity contribution < 1.29 is 4.79 Å². The molecule has 0 bridgehead atoms. The second kappa shape index (κ2) is 6.74. The van der Waals surface area contributed by atoms with E-state index in [0.717, 1.165) is 42.0 Å². The largest absolute Gasteiger partial charge is 0.331 e. The molecule has 3 aromatic rings. The molecule has 26 heavy (non-hydrogen) atoms. The van der Waals surface area contributed by atoms with Crippen LogP contribution in [0, 0.1) is 0 Å². The molecule has 4 heterocycles. The maximum atomic E-state index is 12.2. The Bertz CT molecular complexity index is 920. The zero-order chi connectivity index (χ0) is 18.1. The molecule has 1 atom stereocenters. The zero-order valence-electron chi connectivity index (χ0n) is 15.0. The second-order valence-corrected chi connectivity index (χ2v) is 6.89. The number of fused-ring (bicyclic) bond motifs is 1. The van der Waals surface area contributed by atoms with Crippen LogP contribution >= 0.6 is 0 Å². The Kier molecular flexibility index (Phi) is 4.28. The molecule has 3 aromatic heterocycles. The van der Waals surface area contributed by atoms with Crippen molar-refractivity contribution in [3.63, 3.8) is 0 Å². The number of carbonyl (C=O) groups is 1. The highest BCUT2D eigenvalue weighted by atomic mass is 16.2. The topological polar surface area (TPSA) is 66.6 Å². The predicted octanol–water partition coefficient (Wildman–Crippen LogP) is 2.65. The van der Waals surface area contributed by atoms with Crippen molar-refractivity contribution in [1.29, 1.82) is 0 Å². The number of aromatic nitrogens is 4.